The molecule has 26 heavy (non-hydrogen) atoms. The van der Waals surface area contributed by atoms with E-state index in [-0.39, 0.29) is 5.91 Å². The Labute approximate surface area is 159 Å². The summed E-state index contributed by atoms with van der Waals surface area (Å²) in [6.45, 7) is 4.03. The van der Waals surface area contributed by atoms with Crippen molar-refractivity contribution in [1.29, 1.82) is 0 Å². The third-order valence-electron chi connectivity index (χ3n) is 4.98. The Balaban J connectivity index is 1.53. The zero-order chi connectivity index (χ0) is 17.9. The van der Waals surface area contributed by atoms with Crippen LogP contribution in [0.2, 0.25) is 0 Å². The average Bonchev–Trinajstić information content (AvgIpc) is 3.04. The highest BCUT2D eigenvalue weighted by Gasteiger charge is 2.22. The van der Waals surface area contributed by atoms with Gasteiger partial charge in [0.05, 0.1) is 5.75 Å². The molecule has 134 valence electrons. The van der Waals surface area contributed by atoms with Crippen LogP contribution in [-0.4, -0.2) is 22.8 Å². The summed E-state index contributed by atoms with van der Waals surface area (Å²) in [7, 11) is 0. The summed E-state index contributed by atoms with van der Waals surface area (Å²) >= 11 is 1.66. The number of para-hydroxylation sites is 2. The van der Waals surface area contributed by atoms with Crippen LogP contribution in [0.4, 0.5) is 5.69 Å². The quantitative estimate of drug-likeness (QED) is 0.587. The Morgan fingerprint density at radius 3 is 2.81 bits per heavy atom. The first-order chi connectivity index (χ1) is 12.8. The van der Waals surface area contributed by atoms with Crippen molar-refractivity contribution in [2.75, 3.05) is 17.2 Å². The van der Waals surface area contributed by atoms with Gasteiger partial charge in [-0.1, -0.05) is 43.3 Å². The van der Waals surface area contributed by atoms with Gasteiger partial charge >= 0.3 is 0 Å². The molecule has 0 spiro atoms. The van der Waals surface area contributed by atoms with Gasteiger partial charge in [-0.05, 0) is 37.0 Å². The van der Waals surface area contributed by atoms with E-state index in [1.165, 1.54) is 21.4 Å². The molecule has 0 unspecified atom stereocenters. The van der Waals surface area contributed by atoms with Gasteiger partial charge in [0, 0.05) is 40.8 Å². The Morgan fingerprint density at radius 1 is 1.12 bits per heavy atom. The third kappa shape index (κ3) is 3.26. The summed E-state index contributed by atoms with van der Waals surface area (Å²) in [4.78, 5) is 16.1. The van der Waals surface area contributed by atoms with Crippen molar-refractivity contribution < 1.29 is 4.79 Å². The van der Waals surface area contributed by atoms with Gasteiger partial charge in [0.25, 0.3) is 0 Å². The van der Waals surface area contributed by atoms with Crippen molar-refractivity contribution >= 4 is 34.3 Å². The molecule has 0 N–H and O–H groups in total. The van der Waals surface area contributed by atoms with Crippen LogP contribution >= 0.6 is 11.8 Å². The molecule has 1 aliphatic rings. The van der Waals surface area contributed by atoms with Crippen molar-refractivity contribution in [3.05, 3.63) is 60.3 Å². The predicted molar refractivity (Wildman–Crippen MR) is 110 cm³/mol. The van der Waals surface area contributed by atoms with Crippen molar-refractivity contribution in [3.8, 4) is 0 Å². The van der Waals surface area contributed by atoms with E-state index < -0.39 is 0 Å². The molecule has 1 aliphatic heterocycles. The lowest BCUT2D eigenvalue weighted by atomic mass is 10.0. The molecule has 4 rings (SSSR count). The minimum atomic E-state index is 0.203. The Bertz CT molecular complexity index is 931. The number of carbonyl (C=O) groups is 1. The number of aromatic nitrogens is 1. The molecule has 0 saturated carbocycles. The van der Waals surface area contributed by atoms with E-state index in [1.807, 2.05) is 11.0 Å². The highest BCUT2D eigenvalue weighted by atomic mass is 32.2. The maximum atomic E-state index is 12.9. The number of fused-ring (bicyclic) bond motifs is 2. The number of benzene rings is 2. The van der Waals surface area contributed by atoms with Crippen molar-refractivity contribution in [3.63, 3.8) is 0 Å². The number of anilines is 1. The van der Waals surface area contributed by atoms with Crippen LogP contribution in [0.25, 0.3) is 10.9 Å². The minimum Gasteiger partial charge on any atom is -0.346 e. The molecule has 3 aromatic rings. The second kappa shape index (κ2) is 7.58. The van der Waals surface area contributed by atoms with Crippen LogP contribution in [0.15, 0.2) is 59.6 Å². The van der Waals surface area contributed by atoms with E-state index in [9.17, 15) is 4.79 Å². The number of carbonyl (C=O) groups excluding carboxylic acids is 1. The zero-order valence-electron chi connectivity index (χ0n) is 15.1. The molecule has 2 heterocycles. The number of aryl methyl sites for hydroxylation is 2. The number of hydrogen-bond acceptors (Lipinski definition) is 2. The molecule has 0 bridgehead atoms. The molecule has 0 saturated heterocycles. The molecule has 0 radical (unpaired) electrons. The van der Waals surface area contributed by atoms with E-state index in [0.717, 1.165) is 38.0 Å². The Morgan fingerprint density at radius 2 is 1.92 bits per heavy atom. The number of hydrogen-bond donors (Lipinski definition) is 0. The maximum Gasteiger partial charge on any atom is 0.237 e. The monoisotopic (exact) mass is 364 g/mol. The van der Waals surface area contributed by atoms with E-state index in [1.54, 1.807) is 11.8 Å². The summed E-state index contributed by atoms with van der Waals surface area (Å²) in [5.74, 6) is 0.684. The molecule has 4 heteroatoms. The standard InChI is InChI=1S/C22H24N2OS/c1-2-13-23-15-21(18-10-4-6-12-20(18)23)26-16-22(25)24-14-7-9-17-8-3-5-11-19(17)24/h3-6,8,10-12,15H,2,7,9,13-14,16H2,1H3. The summed E-state index contributed by atoms with van der Waals surface area (Å²) in [5.41, 5.74) is 3.64. The highest BCUT2D eigenvalue weighted by molar-refractivity contribution is 8.00. The highest BCUT2D eigenvalue weighted by Crippen LogP contribution is 2.32. The average molecular weight is 365 g/mol. The molecule has 0 atom stereocenters. The number of nitrogens with zero attached hydrogens (tertiary/aromatic N) is 2. The van der Waals surface area contributed by atoms with Crippen LogP contribution in [-0.2, 0) is 17.8 Å². The normalized spacial score (nSPS) is 13.8. The van der Waals surface area contributed by atoms with E-state index in [2.05, 4.69) is 60.2 Å². The molecule has 2 aromatic carbocycles. The largest absolute Gasteiger partial charge is 0.346 e. The van der Waals surface area contributed by atoms with Gasteiger partial charge in [-0.15, -0.1) is 11.8 Å². The molecule has 0 aliphatic carbocycles. The topological polar surface area (TPSA) is 25.2 Å². The molecule has 3 nitrogen and oxygen atoms in total. The number of amides is 1. The van der Waals surface area contributed by atoms with Crippen LogP contribution in [0.1, 0.15) is 25.3 Å². The molecular formula is C22H24N2OS. The lowest BCUT2D eigenvalue weighted by molar-refractivity contribution is -0.116. The second-order valence-electron chi connectivity index (χ2n) is 6.77. The first-order valence-electron chi connectivity index (χ1n) is 9.37. The van der Waals surface area contributed by atoms with Crippen LogP contribution in [0.3, 0.4) is 0 Å². The van der Waals surface area contributed by atoms with Crippen molar-refractivity contribution in [1.82, 2.24) is 4.57 Å². The minimum absolute atomic E-state index is 0.203. The van der Waals surface area contributed by atoms with Gasteiger partial charge < -0.3 is 9.47 Å². The summed E-state index contributed by atoms with van der Waals surface area (Å²) in [6.07, 6.45) is 5.42. The van der Waals surface area contributed by atoms with E-state index in [4.69, 9.17) is 0 Å². The van der Waals surface area contributed by atoms with Gasteiger partial charge in [0.1, 0.15) is 0 Å². The van der Waals surface area contributed by atoms with E-state index in [0.29, 0.717) is 5.75 Å². The predicted octanol–water partition coefficient (Wildman–Crippen LogP) is 5.12. The zero-order valence-corrected chi connectivity index (χ0v) is 16.0. The van der Waals surface area contributed by atoms with Gasteiger partial charge in [0.15, 0.2) is 0 Å². The molecular weight excluding hydrogens is 340 g/mol. The first kappa shape index (κ1) is 17.2. The van der Waals surface area contributed by atoms with Crippen molar-refractivity contribution in [2.45, 2.75) is 37.6 Å². The van der Waals surface area contributed by atoms with Crippen molar-refractivity contribution in [2.24, 2.45) is 0 Å². The fourth-order valence-electron chi connectivity index (χ4n) is 3.76. The molecule has 1 amide bonds. The fraction of sp³-hybridized carbons (Fsp3) is 0.318. The van der Waals surface area contributed by atoms with Gasteiger partial charge in [-0.3, -0.25) is 4.79 Å². The van der Waals surface area contributed by atoms with Gasteiger partial charge in [-0.25, -0.2) is 0 Å². The first-order valence-corrected chi connectivity index (χ1v) is 10.4. The van der Waals surface area contributed by atoms with Gasteiger partial charge in [-0.2, -0.15) is 0 Å². The lowest BCUT2D eigenvalue weighted by Gasteiger charge is -2.29. The molecule has 1 aromatic heterocycles. The Hall–Kier alpha value is -2.20. The van der Waals surface area contributed by atoms with E-state index >= 15 is 0 Å². The smallest absolute Gasteiger partial charge is 0.237 e. The fourth-order valence-corrected chi connectivity index (χ4v) is 4.73. The third-order valence-corrected chi connectivity index (χ3v) is 6.01. The number of thioether (sulfide) groups is 1. The number of rotatable bonds is 5. The SMILES string of the molecule is CCCn1cc(SCC(=O)N2CCCc3ccccc32)c2ccccc21. The van der Waals surface area contributed by atoms with Crippen LogP contribution < -0.4 is 4.90 Å². The summed E-state index contributed by atoms with van der Waals surface area (Å²) < 4.78 is 2.30. The summed E-state index contributed by atoms with van der Waals surface area (Å²) in [5, 5.41) is 1.25. The van der Waals surface area contributed by atoms with Crippen LogP contribution in [0.5, 0.6) is 0 Å². The molecule has 0 fully saturated rings. The maximum absolute atomic E-state index is 12.9. The summed E-state index contributed by atoms with van der Waals surface area (Å²) in [6, 6.07) is 16.8. The van der Waals surface area contributed by atoms with Crippen LogP contribution in [0, 0.1) is 0 Å². The lowest BCUT2D eigenvalue weighted by Crippen LogP contribution is -2.36. The van der Waals surface area contributed by atoms with Gasteiger partial charge in [0.2, 0.25) is 5.91 Å². The second-order valence-corrected chi connectivity index (χ2v) is 7.79. The Kier molecular flexibility index (Phi) is 5.02.